The molecule has 0 amide bonds. The van der Waals surface area contributed by atoms with Gasteiger partial charge in [0.1, 0.15) is 0 Å². The predicted octanol–water partition coefficient (Wildman–Crippen LogP) is 0.220. The molecule has 13 heavy (non-hydrogen) atoms. The number of nitrogens with zero attached hydrogens (tertiary/aromatic N) is 2. The smallest absolute Gasteiger partial charge is 0.211 e. The third kappa shape index (κ3) is 5.23. The van der Waals surface area contributed by atoms with E-state index in [2.05, 4.69) is 11.8 Å². The summed E-state index contributed by atoms with van der Waals surface area (Å²) in [6.07, 6.45) is 1.25. The number of sulfonamides is 1. The lowest BCUT2D eigenvalue weighted by molar-refractivity contribution is 0.309. The Balaban J connectivity index is 4.01. The summed E-state index contributed by atoms with van der Waals surface area (Å²) in [5.74, 6) is 0. The monoisotopic (exact) mass is 208 g/mol. The topological polar surface area (TPSA) is 40.6 Å². The molecule has 0 fully saturated rings. The number of hydrogen-bond donors (Lipinski definition) is 0. The molecule has 0 aromatic heterocycles. The zero-order valence-electron chi connectivity index (χ0n) is 8.95. The summed E-state index contributed by atoms with van der Waals surface area (Å²) in [4.78, 5) is 2.09. The van der Waals surface area contributed by atoms with Crippen molar-refractivity contribution in [2.75, 3.05) is 39.5 Å². The molecule has 0 aliphatic rings. The third-order valence-electron chi connectivity index (χ3n) is 2.09. The number of likely N-dealkylation sites (N-methyl/N-ethyl adjacent to an activating group) is 2. The Bertz CT molecular complexity index is 226. The van der Waals surface area contributed by atoms with Crippen molar-refractivity contribution < 1.29 is 8.42 Å². The minimum absolute atomic E-state index is 0.552. The standard InChI is InChI=1S/C8H20N2O2S/c1-5-9(3)7-8-10(6-2)13(4,11)12/h5-8H2,1-4H3. The Morgan fingerprint density at radius 3 is 1.92 bits per heavy atom. The lowest BCUT2D eigenvalue weighted by atomic mass is 10.5. The Morgan fingerprint density at radius 2 is 1.62 bits per heavy atom. The Hall–Kier alpha value is -0.130. The van der Waals surface area contributed by atoms with Crippen molar-refractivity contribution in [1.29, 1.82) is 0 Å². The third-order valence-corrected chi connectivity index (χ3v) is 3.47. The lowest BCUT2D eigenvalue weighted by Gasteiger charge is -2.21. The molecule has 0 unspecified atom stereocenters. The molecule has 0 heterocycles. The zero-order chi connectivity index (χ0) is 10.5. The van der Waals surface area contributed by atoms with Crippen molar-refractivity contribution >= 4 is 10.0 Å². The molecule has 0 bridgehead atoms. The van der Waals surface area contributed by atoms with E-state index in [1.165, 1.54) is 10.6 Å². The van der Waals surface area contributed by atoms with Crippen LogP contribution < -0.4 is 0 Å². The SMILES string of the molecule is CCN(C)CCN(CC)S(C)(=O)=O. The molecule has 0 aliphatic heterocycles. The van der Waals surface area contributed by atoms with E-state index in [0.717, 1.165) is 13.1 Å². The lowest BCUT2D eigenvalue weighted by Crippen LogP contribution is -2.36. The van der Waals surface area contributed by atoms with Crippen molar-refractivity contribution in [3.05, 3.63) is 0 Å². The van der Waals surface area contributed by atoms with Crippen molar-refractivity contribution in [3.63, 3.8) is 0 Å². The summed E-state index contributed by atoms with van der Waals surface area (Å²) in [5.41, 5.74) is 0. The van der Waals surface area contributed by atoms with Gasteiger partial charge in [0.15, 0.2) is 0 Å². The summed E-state index contributed by atoms with van der Waals surface area (Å²) >= 11 is 0. The van der Waals surface area contributed by atoms with Crippen LogP contribution in [0.25, 0.3) is 0 Å². The van der Waals surface area contributed by atoms with Crippen LogP contribution in [0.3, 0.4) is 0 Å². The van der Waals surface area contributed by atoms with Crippen LogP contribution in [0.5, 0.6) is 0 Å². The summed E-state index contributed by atoms with van der Waals surface area (Å²) < 4.78 is 23.8. The fourth-order valence-corrected chi connectivity index (χ4v) is 1.88. The molecule has 0 aliphatic carbocycles. The van der Waals surface area contributed by atoms with E-state index in [9.17, 15) is 8.42 Å². The van der Waals surface area contributed by atoms with Crippen molar-refractivity contribution in [1.82, 2.24) is 9.21 Å². The average molecular weight is 208 g/mol. The van der Waals surface area contributed by atoms with Gasteiger partial charge in [-0.05, 0) is 13.6 Å². The molecule has 5 heteroatoms. The van der Waals surface area contributed by atoms with Gasteiger partial charge in [-0.15, -0.1) is 0 Å². The fourth-order valence-electron chi connectivity index (χ4n) is 0.999. The van der Waals surface area contributed by atoms with Crippen LogP contribution in [0.1, 0.15) is 13.8 Å². The van der Waals surface area contributed by atoms with Crippen LogP contribution in [-0.4, -0.2) is 57.1 Å². The molecule has 0 rings (SSSR count). The van der Waals surface area contributed by atoms with Gasteiger partial charge in [-0.1, -0.05) is 13.8 Å². The number of rotatable bonds is 6. The van der Waals surface area contributed by atoms with Crippen LogP contribution in [0.2, 0.25) is 0 Å². The van der Waals surface area contributed by atoms with Gasteiger partial charge in [0.05, 0.1) is 6.26 Å². The van der Waals surface area contributed by atoms with Crippen LogP contribution in [0.15, 0.2) is 0 Å². The van der Waals surface area contributed by atoms with Gasteiger partial charge in [0, 0.05) is 19.6 Å². The molecular formula is C8H20N2O2S. The molecule has 0 saturated carbocycles. The molecule has 0 N–H and O–H groups in total. The van der Waals surface area contributed by atoms with Crippen LogP contribution in [0, 0.1) is 0 Å². The van der Waals surface area contributed by atoms with Crippen LogP contribution in [-0.2, 0) is 10.0 Å². The molecule has 0 atom stereocenters. The van der Waals surface area contributed by atoms with Gasteiger partial charge < -0.3 is 4.90 Å². The number of hydrogen-bond acceptors (Lipinski definition) is 3. The Morgan fingerprint density at radius 1 is 1.08 bits per heavy atom. The zero-order valence-corrected chi connectivity index (χ0v) is 9.76. The fraction of sp³-hybridized carbons (Fsp3) is 1.00. The van der Waals surface area contributed by atoms with Crippen LogP contribution in [0.4, 0.5) is 0 Å². The first kappa shape index (κ1) is 12.9. The Labute approximate surface area is 81.6 Å². The molecule has 0 saturated heterocycles. The van der Waals surface area contributed by atoms with E-state index in [1.54, 1.807) is 0 Å². The molecule has 4 nitrogen and oxygen atoms in total. The van der Waals surface area contributed by atoms with Crippen molar-refractivity contribution in [2.24, 2.45) is 0 Å². The summed E-state index contributed by atoms with van der Waals surface area (Å²) in [7, 11) is -1.03. The van der Waals surface area contributed by atoms with E-state index in [0.29, 0.717) is 13.1 Å². The van der Waals surface area contributed by atoms with E-state index in [-0.39, 0.29) is 0 Å². The van der Waals surface area contributed by atoms with E-state index >= 15 is 0 Å². The predicted molar refractivity (Wildman–Crippen MR) is 55.3 cm³/mol. The van der Waals surface area contributed by atoms with Crippen LogP contribution >= 0.6 is 0 Å². The minimum atomic E-state index is -3.01. The van der Waals surface area contributed by atoms with Gasteiger partial charge in [0.25, 0.3) is 0 Å². The quantitative estimate of drug-likeness (QED) is 0.627. The molecule has 0 aromatic carbocycles. The largest absolute Gasteiger partial charge is 0.305 e. The highest BCUT2D eigenvalue weighted by Crippen LogP contribution is 1.96. The maximum absolute atomic E-state index is 11.2. The highest BCUT2D eigenvalue weighted by molar-refractivity contribution is 7.88. The van der Waals surface area contributed by atoms with Gasteiger partial charge in [-0.2, -0.15) is 0 Å². The maximum Gasteiger partial charge on any atom is 0.211 e. The minimum Gasteiger partial charge on any atom is -0.305 e. The second kappa shape index (κ2) is 5.57. The molecule has 0 radical (unpaired) electrons. The first-order valence-electron chi connectivity index (χ1n) is 4.55. The van der Waals surface area contributed by atoms with E-state index in [4.69, 9.17) is 0 Å². The summed E-state index contributed by atoms with van der Waals surface area (Å²) in [6, 6.07) is 0. The van der Waals surface area contributed by atoms with E-state index < -0.39 is 10.0 Å². The normalized spacial score (nSPS) is 12.8. The average Bonchev–Trinajstić information content (AvgIpc) is 2.02. The first-order valence-corrected chi connectivity index (χ1v) is 6.40. The maximum atomic E-state index is 11.2. The van der Waals surface area contributed by atoms with Crippen molar-refractivity contribution in [3.8, 4) is 0 Å². The van der Waals surface area contributed by atoms with Gasteiger partial charge >= 0.3 is 0 Å². The molecule has 80 valence electrons. The molecular weight excluding hydrogens is 188 g/mol. The van der Waals surface area contributed by atoms with Crippen molar-refractivity contribution in [2.45, 2.75) is 13.8 Å². The summed E-state index contributed by atoms with van der Waals surface area (Å²) in [6.45, 7) is 6.78. The second-order valence-corrected chi connectivity index (χ2v) is 5.13. The summed E-state index contributed by atoms with van der Waals surface area (Å²) in [5, 5.41) is 0. The van der Waals surface area contributed by atoms with Gasteiger partial charge in [-0.25, -0.2) is 12.7 Å². The highest BCUT2D eigenvalue weighted by Gasteiger charge is 2.13. The van der Waals surface area contributed by atoms with Gasteiger partial charge in [-0.3, -0.25) is 0 Å². The van der Waals surface area contributed by atoms with Gasteiger partial charge in [0.2, 0.25) is 10.0 Å². The Kier molecular flexibility index (Phi) is 5.51. The molecule has 0 aromatic rings. The molecule has 0 spiro atoms. The second-order valence-electron chi connectivity index (χ2n) is 3.15. The highest BCUT2D eigenvalue weighted by atomic mass is 32.2. The van der Waals surface area contributed by atoms with E-state index in [1.807, 2.05) is 14.0 Å². The first-order chi connectivity index (χ1) is 5.91.